The number of likely N-dealkylation sites (tertiary alicyclic amines) is 1. The van der Waals surface area contributed by atoms with E-state index in [4.69, 9.17) is 4.74 Å². The van der Waals surface area contributed by atoms with Gasteiger partial charge in [-0.1, -0.05) is 59.7 Å². The lowest BCUT2D eigenvalue weighted by Gasteiger charge is -2.50. The molecule has 0 spiro atoms. The Labute approximate surface area is 276 Å². The monoisotopic (exact) mass is 649 g/mol. The summed E-state index contributed by atoms with van der Waals surface area (Å²) in [4.78, 5) is 69.7. The lowest BCUT2D eigenvalue weighted by Crippen LogP contribution is -2.53. The number of aliphatic carboxylic acids is 1. The number of aryl methyl sites for hydroxylation is 1. The summed E-state index contributed by atoms with van der Waals surface area (Å²) in [7, 11) is 1.49. The summed E-state index contributed by atoms with van der Waals surface area (Å²) in [6, 6.07) is 21.1. The van der Waals surface area contributed by atoms with E-state index < -0.39 is 64.6 Å². The zero-order valence-corrected chi connectivity index (χ0v) is 26.5. The Bertz CT molecular complexity index is 1870. The van der Waals surface area contributed by atoms with Crippen molar-refractivity contribution in [2.24, 2.45) is 23.7 Å². The molecule has 1 saturated carbocycles. The van der Waals surface area contributed by atoms with Crippen LogP contribution in [0.4, 0.5) is 5.69 Å². The van der Waals surface area contributed by atoms with Crippen molar-refractivity contribution >= 4 is 35.3 Å². The number of imide groups is 2. The number of aromatic hydroxyl groups is 1. The van der Waals surface area contributed by atoms with E-state index in [1.165, 1.54) is 13.2 Å². The van der Waals surface area contributed by atoms with Gasteiger partial charge in [-0.25, -0.2) is 0 Å². The fourth-order valence-corrected chi connectivity index (χ4v) is 8.48. The number of amides is 4. The molecule has 3 aromatic carbocycles. The number of hydrogen-bond donors (Lipinski definition) is 3. The van der Waals surface area contributed by atoms with Crippen LogP contribution >= 0.6 is 0 Å². The Morgan fingerprint density at radius 3 is 2.38 bits per heavy atom. The number of carbonyl (C=O) groups is 5. The predicted molar refractivity (Wildman–Crippen MR) is 172 cm³/mol. The lowest BCUT2D eigenvalue weighted by molar-refractivity contribution is -0.143. The van der Waals surface area contributed by atoms with Crippen molar-refractivity contribution in [2.45, 2.75) is 37.5 Å². The van der Waals surface area contributed by atoms with E-state index in [1.807, 2.05) is 43.3 Å². The molecule has 2 saturated heterocycles. The lowest BCUT2D eigenvalue weighted by atomic mass is 9.49. The smallest absolute Gasteiger partial charge is 0.305 e. The molecule has 0 unspecified atom stereocenters. The van der Waals surface area contributed by atoms with Gasteiger partial charge >= 0.3 is 5.97 Å². The van der Waals surface area contributed by atoms with Crippen LogP contribution in [-0.4, -0.2) is 63.4 Å². The van der Waals surface area contributed by atoms with Crippen LogP contribution < -0.4 is 10.2 Å². The molecule has 2 aliphatic carbocycles. The molecule has 2 aliphatic heterocycles. The van der Waals surface area contributed by atoms with Crippen LogP contribution in [-0.2, 0) is 29.4 Å². The maximum Gasteiger partial charge on any atom is 0.305 e. The summed E-state index contributed by atoms with van der Waals surface area (Å²) in [5.74, 6) is -6.83. The highest BCUT2D eigenvalue weighted by Gasteiger charge is 2.70. The highest BCUT2D eigenvalue weighted by molar-refractivity contribution is 6.13. The Morgan fingerprint density at radius 2 is 1.69 bits per heavy atom. The number of carbonyl (C=O) groups excluding carboxylic acids is 4. The van der Waals surface area contributed by atoms with Gasteiger partial charge in [-0.2, -0.15) is 5.01 Å². The Morgan fingerprint density at radius 1 is 0.958 bits per heavy atom. The fourth-order valence-electron chi connectivity index (χ4n) is 8.48. The maximum atomic E-state index is 15.1. The molecule has 4 amide bonds. The first kappa shape index (κ1) is 31.2. The summed E-state index contributed by atoms with van der Waals surface area (Å²) in [6.45, 7) is 1.69. The number of anilines is 1. The fraction of sp³-hybridized carbons (Fsp3) is 0.324. The van der Waals surface area contributed by atoms with Gasteiger partial charge in [0.1, 0.15) is 11.5 Å². The average Bonchev–Trinajstić information content (AvgIpc) is 3.46. The molecule has 4 aliphatic rings. The minimum atomic E-state index is -1.54. The van der Waals surface area contributed by atoms with Crippen molar-refractivity contribution < 1.29 is 38.9 Å². The molecule has 3 fully saturated rings. The number of allylic oxidation sites excluding steroid dienone is 2. The van der Waals surface area contributed by atoms with Crippen molar-refractivity contribution in [3.8, 4) is 11.5 Å². The van der Waals surface area contributed by atoms with Crippen molar-refractivity contribution in [3.63, 3.8) is 0 Å². The Balaban J connectivity index is 1.44. The topological polar surface area (TPSA) is 154 Å². The quantitative estimate of drug-likeness (QED) is 0.241. The highest BCUT2D eigenvalue weighted by atomic mass is 16.5. The SMILES string of the molecule is COc1ccc(O)c([C@H]2C3=CC[C@@H]4C(=O)N(CCC(=O)O)C(=O)[C@@H]4[C@@H]3C[C@H]3C(=O)N(Nc4ccc(C)cc4)C(=O)[C@@]23c2ccccc2)c1. The van der Waals surface area contributed by atoms with Crippen LogP contribution in [0.15, 0.2) is 84.4 Å². The van der Waals surface area contributed by atoms with Crippen LogP contribution in [0.3, 0.4) is 0 Å². The molecule has 7 rings (SSSR count). The van der Waals surface area contributed by atoms with Crippen molar-refractivity contribution in [1.82, 2.24) is 9.91 Å². The van der Waals surface area contributed by atoms with Gasteiger partial charge in [0.05, 0.1) is 42.4 Å². The number of carboxylic acids is 1. The summed E-state index contributed by atoms with van der Waals surface area (Å²) in [5.41, 5.74) is 4.66. The van der Waals surface area contributed by atoms with Gasteiger partial charge in [-0.15, -0.1) is 0 Å². The van der Waals surface area contributed by atoms with Crippen LogP contribution in [0.2, 0.25) is 0 Å². The number of fused-ring (bicyclic) bond motifs is 4. The van der Waals surface area contributed by atoms with Gasteiger partial charge in [0, 0.05) is 18.0 Å². The number of hydrazine groups is 1. The van der Waals surface area contributed by atoms with E-state index in [-0.39, 0.29) is 31.6 Å². The largest absolute Gasteiger partial charge is 0.508 e. The summed E-state index contributed by atoms with van der Waals surface area (Å²) in [6.07, 6.45) is 1.78. The number of phenols is 1. The molecule has 11 nitrogen and oxygen atoms in total. The van der Waals surface area contributed by atoms with E-state index in [0.717, 1.165) is 15.5 Å². The number of methoxy groups -OCH3 is 1. The third-order valence-electron chi connectivity index (χ3n) is 10.6. The van der Waals surface area contributed by atoms with E-state index in [9.17, 15) is 29.4 Å². The minimum Gasteiger partial charge on any atom is -0.508 e. The molecule has 2 heterocycles. The molecule has 11 heteroatoms. The number of carboxylic acid groups (broad SMARTS) is 1. The molecular weight excluding hydrogens is 614 g/mol. The number of nitrogens with zero attached hydrogens (tertiary/aromatic N) is 2. The Hall–Kier alpha value is -5.45. The predicted octanol–water partition coefficient (Wildman–Crippen LogP) is 4.17. The molecule has 6 atom stereocenters. The first-order valence-corrected chi connectivity index (χ1v) is 16.0. The van der Waals surface area contributed by atoms with E-state index in [1.54, 1.807) is 36.4 Å². The van der Waals surface area contributed by atoms with Crippen LogP contribution in [0.5, 0.6) is 11.5 Å². The zero-order valence-electron chi connectivity index (χ0n) is 26.5. The third kappa shape index (κ3) is 4.59. The normalized spacial score (nSPS) is 27.7. The molecular formula is C37H35N3O8. The second-order valence-electron chi connectivity index (χ2n) is 13.0. The third-order valence-corrected chi connectivity index (χ3v) is 10.6. The van der Waals surface area contributed by atoms with Crippen molar-refractivity contribution in [2.75, 3.05) is 19.1 Å². The van der Waals surface area contributed by atoms with Gasteiger partial charge in [-0.05, 0) is 61.6 Å². The standard InChI is InChI=1S/C37H35N3O8/c1-20-8-10-22(11-9-20)38-40-34(45)28-19-26-24(13-14-25-31(26)35(46)39(33(25)44)17-16-30(42)43)32(27-18-23(48-2)12-15-29(27)41)37(28,36(40)47)21-6-4-3-5-7-21/h3-13,15,18,25-26,28,31-32,38,41H,14,16-17,19H2,1-2H3,(H,42,43)/t25-,26+,28-,31-,32+,37+/m0/s1. The van der Waals surface area contributed by atoms with Gasteiger partial charge in [0.2, 0.25) is 11.8 Å². The van der Waals surface area contributed by atoms with E-state index in [2.05, 4.69) is 5.43 Å². The number of benzene rings is 3. The van der Waals surface area contributed by atoms with Gasteiger partial charge in [0.25, 0.3) is 11.8 Å². The molecule has 3 N–H and O–H groups in total. The summed E-state index contributed by atoms with van der Waals surface area (Å²) < 4.78 is 5.55. The zero-order chi connectivity index (χ0) is 33.9. The van der Waals surface area contributed by atoms with Crippen LogP contribution in [0.1, 0.15) is 41.9 Å². The van der Waals surface area contributed by atoms with Crippen LogP contribution in [0, 0.1) is 30.6 Å². The molecule has 0 aromatic heterocycles. The van der Waals surface area contributed by atoms with Gasteiger partial charge < -0.3 is 14.9 Å². The summed E-state index contributed by atoms with van der Waals surface area (Å²) in [5, 5.41) is 21.8. The van der Waals surface area contributed by atoms with Crippen molar-refractivity contribution in [1.29, 1.82) is 0 Å². The molecule has 0 radical (unpaired) electrons. The molecule has 246 valence electrons. The first-order valence-electron chi connectivity index (χ1n) is 16.0. The average molecular weight is 650 g/mol. The minimum absolute atomic E-state index is 0.0889. The number of rotatable bonds is 8. The van der Waals surface area contributed by atoms with Crippen molar-refractivity contribution in [3.05, 3.63) is 101 Å². The Kier molecular flexibility index (Phi) is 7.57. The van der Waals surface area contributed by atoms with Gasteiger partial charge in [-0.3, -0.25) is 34.3 Å². The number of hydrogen-bond acceptors (Lipinski definition) is 8. The summed E-state index contributed by atoms with van der Waals surface area (Å²) >= 11 is 0. The molecule has 48 heavy (non-hydrogen) atoms. The van der Waals surface area contributed by atoms with E-state index >= 15 is 4.79 Å². The highest BCUT2D eigenvalue weighted by Crippen LogP contribution is 2.65. The first-order chi connectivity index (χ1) is 23.1. The van der Waals surface area contributed by atoms with E-state index in [0.29, 0.717) is 28.1 Å². The second-order valence-corrected chi connectivity index (χ2v) is 13.0. The van der Waals surface area contributed by atoms with Gasteiger partial charge in [0.15, 0.2) is 0 Å². The molecule has 0 bridgehead atoms. The number of nitrogens with one attached hydrogen (secondary N) is 1. The number of ether oxygens (including phenoxy) is 1. The molecule has 3 aromatic rings. The maximum absolute atomic E-state index is 15.1. The number of phenolic OH excluding ortho intramolecular Hbond substituents is 1. The second kappa shape index (κ2) is 11.7. The van der Waals surface area contributed by atoms with Crippen LogP contribution in [0.25, 0.3) is 0 Å².